The zero-order valence-corrected chi connectivity index (χ0v) is 15.5. The smallest absolute Gasteiger partial charge is 0.227 e. The number of hydrogen-bond acceptors (Lipinski definition) is 3. The summed E-state index contributed by atoms with van der Waals surface area (Å²) in [6.07, 6.45) is 7.44. The van der Waals surface area contributed by atoms with Crippen LogP contribution in [-0.2, 0) is 9.59 Å². The quantitative estimate of drug-likeness (QED) is 0.734. The van der Waals surface area contributed by atoms with Crippen LogP contribution in [0.4, 0.5) is 5.69 Å². The number of piperidine rings is 1. The van der Waals surface area contributed by atoms with Crippen molar-refractivity contribution < 1.29 is 9.59 Å². The van der Waals surface area contributed by atoms with Crippen molar-refractivity contribution in [3.8, 4) is 0 Å². The average Bonchev–Trinajstić information content (AvgIpc) is 3.40. The van der Waals surface area contributed by atoms with Gasteiger partial charge in [-0.1, -0.05) is 12.1 Å². The Bertz CT molecular complexity index is 656. The highest BCUT2D eigenvalue weighted by molar-refractivity contribution is 5.94. The van der Waals surface area contributed by atoms with Crippen LogP contribution < -0.4 is 16.0 Å². The average molecular weight is 355 g/mol. The third-order valence-electron chi connectivity index (χ3n) is 6.05. The van der Waals surface area contributed by atoms with Crippen LogP contribution in [0.25, 0.3) is 0 Å². The second kappa shape index (κ2) is 7.39. The van der Waals surface area contributed by atoms with Crippen LogP contribution in [0.15, 0.2) is 24.3 Å². The van der Waals surface area contributed by atoms with Crippen molar-refractivity contribution in [3.63, 3.8) is 0 Å². The first kappa shape index (κ1) is 17.5. The van der Waals surface area contributed by atoms with Gasteiger partial charge in [-0.2, -0.15) is 0 Å². The molecule has 2 amide bonds. The van der Waals surface area contributed by atoms with Gasteiger partial charge >= 0.3 is 0 Å². The minimum Gasteiger partial charge on any atom is -0.350 e. The van der Waals surface area contributed by atoms with Gasteiger partial charge in [0.05, 0.1) is 6.04 Å². The molecule has 1 saturated carbocycles. The molecule has 1 aromatic rings. The molecular formula is C21H29N3O2. The van der Waals surface area contributed by atoms with Crippen LogP contribution in [0.5, 0.6) is 0 Å². The molecule has 5 nitrogen and oxygen atoms in total. The normalized spacial score (nSPS) is 28.4. The monoisotopic (exact) mass is 355 g/mol. The second-order valence-electron chi connectivity index (χ2n) is 8.35. The van der Waals surface area contributed by atoms with Gasteiger partial charge in [-0.15, -0.1) is 0 Å². The first-order valence-corrected chi connectivity index (χ1v) is 10.0. The van der Waals surface area contributed by atoms with E-state index in [4.69, 9.17) is 0 Å². The van der Waals surface area contributed by atoms with Gasteiger partial charge in [0.2, 0.25) is 11.8 Å². The zero-order valence-electron chi connectivity index (χ0n) is 15.5. The topological polar surface area (TPSA) is 70.2 Å². The number of amides is 2. The van der Waals surface area contributed by atoms with E-state index in [1.807, 2.05) is 31.2 Å². The van der Waals surface area contributed by atoms with Crippen molar-refractivity contribution in [2.24, 2.45) is 11.8 Å². The summed E-state index contributed by atoms with van der Waals surface area (Å²) in [6.45, 7) is 2.02. The Balaban J connectivity index is 1.26. The molecule has 2 saturated heterocycles. The van der Waals surface area contributed by atoms with Crippen molar-refractivity contribution in [2.45, 2.75) is 70.0 Å². The summed E-state index contributed by atoms with van der Waals surface area (Å²) in [5.41, 5.74) is 1.89. The molecule has 3 N–H and O–H groups in total. The van der Waals surface area contributed by atoms with Crippen molar-refractivity contribution in [1.82, 2.24) is 10.6 Å². The number of nitrogens with one attached hydrogen (secondary N) is 3. The van der Waals surface area contributed by atoms with E-state index in [9.17, 15) is 9.59 Å². The molecule has 0 aromatic heterocycles. The summed E-state index contributed by atoms with van der Waals surface area (Å²) < 4.78 is 0. The molecule has 2 heterocycles. The molecule has 3 fully saturated rings. The van der Waals surface area contributed by atoms with E-state index in [0.29, 0.717) is 24.4 Å². The molecule has 0 radical (unpaired) electrons. The summed E-state index contributed by atoms with van der Waals surface area (Å²) in [4.78, 5) is 24.2. The molecule has 140 valence electrons. The minimum atomic E-state index is -0.0193. The third kappa shape index (κ3) is 4.26. The van der Waals surface area contributed by atoms with E-state index in [2.05, 4.69) is 16.0 Å². The molecule has 4 rings (SSSR count). The molecule has 1 aliphatic carbocycles. The van der Waals surface area contributed by atoms with Gasteiger partial charge in [-0.25, -0.2) is 0 Å². The van der Waals surface area contributed by atoms with Crippen molar-refractivity contribution in [2.75, 3.05) is 5.32 Å². The first-order valence-electron chi connectivity index (χ1n) is 10.0. The van der Waals surface area contributed by atoms with E-state index in [-0.39, 0.29) is 23.8 Å². The fourth-order valence-electron chi connectivity index (χ4n) is 4.43. The molecule has 5 heteroatoms. The van der Waals surface area contributed by atoms with Crippen molar-refractivity contribution in [1.29, 1.82) is 0 Å². The number of carbonyl (C=O) groups excluding carboxylic acids is 2. The van der Waals surface area contributed by atoms with Crippen LogP contribution in [-0.4, -0.2) is 23.9 Å². The van der Waals surface area contributed by atoms with Gasteiger partial charge < -0.3 is 16.0 Å². The van der Waals surface area contributed by atoms with Gasteiger partial charge in [0.15, 0.2) is 0 Å². The maximum Gasteiger partial charge on any atom is 0.227 e. The maximum absolute atomic E-state index is 12.4. The Morgan fingerprint density at radius 2 is 1.73 bits per heavy atom. The number of benzene rings is 1. The molecule has 3 atom stereocenters. The zero-order chi connectivity index (χ0) is 18.1. The van der Waals surface area contributed by atoms with Crippen LogP contribution in [0.2, 0.25) is 0 Å². The molecule has 2 aliphatic heterocycles. The number of fused-ring (bicyclic) bond motifs is 2. The highest BCUT2D eigenvalue weighted by Gasteiger charge is 2.34. The van der Waals surface area contributed by atoms with Gasteiger partial charge in [-0.05, 0) is 69.1 Å². The van der Waals surface area contributed by atoms with E-state index >= 15 is 0 Å². The molecular weight excluding hydrogens is 326 g/mol. The molecule has 3 aliphatic rings. The Hall–Kier alpha value is -1.88. The summed E-state index contributed by atoms with van der Waals surface area (Å²) in [5.74, 6) is 0.990. The predicted octanol–water partition coefficient (Wildman–Crippen LogP) is 3.13. The Labute approximate surface area is 155 Å². The Morgan fingerprint density at radius 1 is 1.08 bits per heavy atom. The standard InChI is InChI=1S/C21H29N3O2/c1-13(15-4-6-17(7-5-15)24-21(26)16-2-3-16)22-20(25)12-14-10-18-8-9-19(11-14)23-18/h4-7,13-14,16,18-19,23H,2-3,8-12H2,1H3,(H,22,25)(H,24,26). The lowest BCUT2D eigenvalue weighted by molar-refractivity contribution is -0.123. The van der Waals surface area contributed by atoms with Crippen LogP contribution in [0, 0.1) is 11.8 Å². The summed E-state index contributed by atoms with van der Waals surface area (Å²) in [6, 6.07) is 9.04. The van der Waals surface area contributed by atoms with Crippen LogP contribution >= 0.6 is 0 Å². The van der Waals surface area contributed by atoms with Gasteiger partial charge in [0.1, 0.15) is 0 Å². The fraction of sp³-hybridized carbons (Fsp3) is 0.619. The highest BCUT2D eigenvalue weighted by atomic mass is 16.2. The van der Waals surface area contributed by atoms with Gasteiger partial charge in [0.25, 0.3) is 0 Å². The lowest BCUT2D eigenvalue weighted by atomic mass is 9.89. The molecule has 0 spiro atoms. The summed E-state index contributed by atoms with van der Waals surface area (Å²) >= 11 is 0. The molecule has 26 heavy (non-hydrogen) atoms. The van der Waals surface area contributed by atoms with Gasteiger partial charge in [-0.3, -0.25) is 9.59 Å². The third-order valence-corrected chi connectivity index (χ3v) is 6.05. The lowest BCUT2D eigenvalue weighted by Crippen LogP contribution is -2.40. The van der Waals surface area contributed by atoms with Crippen molar-refractivity contribution in [3.05, 3.63) is 29.8 Å². The van der Waals surface area contributed by atoms with Crippen LogP contribution in [0.3, 0.4) is 0 Å². The molecule has 2 bridgehead atoms. The molecule has 3 unspecified atom stereocenters. The summed E-state index contributed by atoms with van der Waals surface area (Å²) in [5, 5.41) is 9.71. The number of carbonyl (C=O) groups is 2. The molecule has 1 aromatic carbocycles. The fourth-order valence-corrected chi connectivity index (χ4v) is 4.43. The lowest BCUT2D eigenvalue weighted by Gasteiger charge is -2.29. The second-order valence-corrected chi connectivity index (χ2v) is 8.35. The van der Waals surface area contributed by atoms with E-state index in [1.54, 1.807) is 0 Å². The Morgan fingerprint density at radius 3 is 2.35 bits per heavy atom. The largest absolute Gasteiger partial charge is 0.350 e. The number of rotatable bonds is 6. The first-order chi connectivity index (χ1) is 12.6. The number of hydrogen-bond donors (Lipinski definition) is 3. The highest BCUT2D eigenvalue weighted by Crippen LogP contribution is 2.33. The van der Waals surface area contributed by atoms with E-state index in [0.717, 1.165) is 36.9 Å². The predicted molar refractivity (Wildman–Crippen MR) is 102 cm³/mol. The Kier molecular flexibility index (Phi) is 4.98. The van der Waals surface area contributed by atoms with Crippen LogP contribution in [0.1, 0.15) is 63.5 Å². The van der Waals surface area contributed by atoms with Crippen molar-refractivity contribution >= 4 is 17.5 Å². The summed E-state index contributed by atoms with van der Waals surface area (Å²) in [7, 11) is 0. The van der Waals surface area contributed by atoms with Gasteiger partial charge in [0, 0.05) is 30.1 Å². The SMILES string of the molecule is CC(NC(=O)CC1CC2CCC(C1)N2)c1ccc(NC(=O)C2CC2)cc1. The maximum atomic E-state index is 12.4. The minimum absolute atomic E-state index is 0.0193. The number of anilines is 1. The van der Waals surface area contributed by atoms with E-state index < -0.39 is 0 Å². The van der Waals surface area contributed by atoms with E-state index in [1.165, 1.54) is 12.8 Å².